The number of amides is 1. The predicted molar refractivity (Wildman–Crippen MR) is 104 cm³/mol. The average molecular weight is 373 g/mol. The predicted octanol–water partition coefficient (Wildman–Crippen LogP) is 0.578. The molecule has 0 aromatic carbocycles. The van der Waals surface area contributed by atoms with Gasteiger partial charge < -0.3 is 11.1 Å². The van der Waals surface area contributed by atoms with Crippen LogP contribution in [0.1, 0.15) is 48.2 Å². The van der Waals surface area contributed by atoms with Crippen molar-refractivity contribution >= 4 is 16.9 Å². The summed E-state index contributed by atoms with van der Waals surface area (Å²) in [5.74, 6) is 0.0556. The third kappa shape index (κ3) is 3.53. The van der Waals surface area contributed by atoms with Gasteiger partial charge in [0.2, 0.25) is 0 Å². The van der Waals surface area contributed by atoms with Crippen LogP contribution in [0.5, 0.6) is 0 Å². The molecule has 1 fully saturated rings. The van der Waals surface area contributed by atoms with E-state index in [-0.39, 0.29) is 23.3 Å². The molecule has 1 unspecified atom stereocenters. The molecule has 1 saturated carbocycles. The summed E-state index contributed by atoms with van der Waals surface area (Å²) in [5, 5.41) is 3.35. The van der Waals surface area contributed by atoms with Gasteiger partial charge in [0.25, 0.3) is 11.5 Å². The first kappa shape index (κ1) is 19.3. The van der Waals surface area contributed by atoms with Gasteiger partial charge in [0.15, 0.2) is 0 Å². The normalized spacial score (nSPS) is 16.4. The third-order valence-corrected chi connectivity index (χ3v) is 5.63. The molecular formula is C19H27N5O3. The molecule has 27 heavy (non-hydrogen) atoms. The molecule has 2 heterocycles. The van der Waals surface area contributed by atoms with Crippen LogP contribution in [0.2, 0.25) is 0 Å². The number of carbonyl (C=O) groups excluding carboxylic acids is 1. The smallest absolute Gasteiger partial charge is 0.332 e. The van der Waals surface area contributed by atoms with Crippen molar-refractivity contribution in [1.29, 1.82) is 0 Å². The molecule has 2 aromatic rings. The van der Waals surface area contributed by atoms with Gasteiger partial charge in [-0.05, 0) is 37.3 Å². The van der Waals surface area contributed by atoms with Crippen LogP contribution < -0.4 is 22.3 Å². The number of nitrogens with two attached hydrogens (primary N) is 1. The minimum Gasteiger partial charge on any atom is -0.346 e. The van der Waals surface area contributed by atoms with Gasteiger partial charge >= 0.3 is 5.69 Å². The van der Waals surface area contributed by atoms with Crippen molar-refractivity contribution in [1.82, 2.24) is 19.4 Å². The van der Waals surface area contributed by atoms with E-state index in [9.17, 15) is 14.4 Å². The molecule has 0 radical (unpaired) electrons. The topological polar surface area (TPSA) is 112 Å². The van der Waals surface area contributed by atoms with Crippen LogP contribution in [0, 0.1) is 12.8 Å². The summed E-state index contributed by atoms with van der Waals surface area (Å²) in [7, 11) is 2.98. The van der Waals surface area contributed by atoms with E-state index in [2.05, 4.69) is 10.3 Å². The number of nitrogens with one attached hydrogen (secondary N) is 1. The van der Waals surface area contributed by atoms with Crippen molar-refractivity contribution in [3.05, 3.63) is 38.2 Å². The van der Waals surface area contributed by atoms with E-state index in [1.807, 2.05) is 0 Å². The maximum absolute atomic E-state index is 12.8. The Morgan fingerprint density at radius 1 is 1.26 bits per heavy atom. The summed E-state index contributed by atoms with van der Waals surface area (Å²) in [6, 6.07) is 1.50. The summed E-state index contributed by atoms with van der Waals surface area (Å²) >= 11 is 0. The van der Waals surface area contributed by atoms with E-state index >= 15 is 0 Å². The lowest BCUT2D eigenvalue weighted by Gasteiger charge is -2.30. The van der Waals surface area contributed by atoms with Gasteiger partial charge in [-0.3, -0.25) is 18.7 Å². The molecule has 1 aliphatic carbocycles. The van der Waals surface area contributed by atoms with Crippen LogP contribution in [-0.2, 0) is 14.1 Å². The van der Waals surface area contributed by atoms with Crippen molar-refractivity contribution in [3.8, 4) is 0 Å². The molecule has 2 aromatic heterocycles. The van der Waals surface area contributed by atoms with Crippen molar-refractivity contribution in [3.63, 3.8) is 0 Å². The van der Waals surface area contributed by atoms with Crippen LogP contribution in [0.15, 0.2) is 15.7 Å². The first-order valence-corrected chi connectivity index (χ1v) is 9.43. The average Bonchev–Trinajstić information content (AvgIpc) is 2.68. The molecule has 3 N–H and O–H groups in total. The van der Waals surface area contributed by atoms with Crippen LogP contribution in [0.25, 0.3) is 11.0 Å². The lowest BCUT2D eigenvalue weighted by molar-refractivity contribution is 0.0910. The highest BCUT2D eigenvalue weighted by Gasteiger charge is 2.25. The highest BCUT2D eigenvalue weighted by atomic mass is 16.2. The number of carbonyl (C=O) groups is 1. The minimum absolute atomic E-state index is 0.0944. The standard InChI is InChI=1S/C19H27N5O3/c1-11-9-13(17(25)22-14(10-20)12-7-5-4-6-8-12)21-16-15(11)18(26)24(3)19(27)23(16)2/h9,12,14H,4-8,10,20H2,1-3H3,(H,22,25). The maximum atomic E-state index is 12.8. The zero-order chi connectivity index (χ0) is 19.7. The Morgan fingerprint density at radius 2 is 1.93 bits per heavy atom. The Kier molecular flexibility index (Phi) is 5.46. The van der Waals surface area contributed by atoms with E-state index in [1.54, 1.807) is 20.0 Å². The third-order valence-electron chi connectivity index (χ3n) is 5.63. The Balaban J connectivity index is 1.98. The highest BCUT2D eigenvalue weighted by Crippen LogP contribution is 2.26. The quantitative estimate of drug-likeness (QED) is 0.814. The number of nitrogens with zero attached hydrogens (tertiary/aromatic N) is 3. The van der Waals surface area contributed by atoms with Crippen LogP contribution in [0.4, 0.5) is 0 Å². The fourth-order valence-electron chi connectivity index (χ4n) is 4.00. The largest absolute Gasteiger partial charge is 0.346 e. The monoisotopic (exact) mass is 373 g/mol. The molecule has 0 bridgehead atoms. The molecule has 0 spiro atoms. The van der Waals surface area contributed by atoms with Gasteiger partial charge in [-0.15, -0.1) is 0 Å². The second-order valence-corrected chi connectivity index (χ2v) is 7.44. The van der Waals surface area contributed by atoms with Crippen molar-refractivity contribution < 1.29 is 4.79 Å². The SMILES string of the molecule is Cc1cc(C(=O)NC(CN)C2CCCCC2)nc2c1c(=O)n(C)c(=O)n2C. The van der Waals surface area contributed by atoms with E-state index in [0.29, 0.717) is 23.4 Å². The fraction of sp³-hybridized carbons (Fsp3) is 0.579. The maximum Gasteiger partial charge on any atom is 0.332 e. The molecule has 8 nitrogen and oxygen atoms in total. The van der Waals surface area contributed by atoms with Gasteiger partial charge in [-0.25, -0.2) is 9.78 Å². The number of hydrogen-bond donors (Lipinski definition) is 2. The highest BCUT2D eigenvalue weighted by molar-refractivity contribution is 5.95. The molecule has 3 rings (SSSR count). The van der Waals surface area contributed by atoms with Gasteiger partial charge in [0.05, 0.1) is 5.39 Å². The Morgan fingerprint density at radius 3 is 2.56 bits per heavy atom. The zero-order valence-electron chi connectivity index (χ0n) is 16.1. The van der Waals surface area contributed by atoms with Crippen LogP contribution in [0.3, 0.4) is 0 Å². The number of pyridine rings is 1. The lowest BCUT2D eigenvalue weighted by atomic mass is 9.84. The Bertz CT molecular complexity index is 985. The summed E-state index contributed by atoms with van der Waals surface area (Å²) in [5.41, 5.74) is 6.05. The molecular weight excluding hydrogens is 346 g/mol. The van der Waals surface area contributed by atoms with Gasteiger partial charge in [0, 0.05) is 26.7 Å². The number of hydrogen-bond acceptors (Lipinski definition) is 5. The van der Waals surface area contributed by atoms with E-state index in [4.69, 9.17) is 5.73 Å². The molecule has 0 saturated heterocycles. The molecule has 146 valence electrons. The molecule has 0 aliphatic heterocycles. The number of fused-ring (bicyclic) bond motifs is 1. The number of aromatic nitrogens is 3. The summed E-state index contributed by atoms with van der Waals surface area (Å²) < 4.78 is 2.34. The zero-order valence-corrected chi connectivity index (χ0v) is 16.1. The molecule has 1 atom stereocenters. The number of aryl methyl sites for hydroxylation is 2. The minimum atomic E-state index is -0.473. The van der Waals surface area contributed by atoms with E-state index in [1.165, 1.54) is 18.0 Å². The van der Waals surface area contributed by atoms with Crippen LogP contribution in [-0.4, -0.2) is 32.6 Å². The second-order valence-electron chi connectivity index (χ2n) is 7.44. The van der Waals surface area contributed by atoms with Crippen LogP contribution >= 0.6 is 0 Å². The summed E-state index contributed by atoms with van der Waals surface area (Å²) in [6.45, 7) is 2.12. The van der Waals surface area contributed by atoms with Gasteiger partial charge in [-0.1, -0.05) is 19.3 Å². The molecule has 1 aliphatic rings. The first-order valence-electron chi connectivity index (χ1n) is 9.43. The summed E-state index contributed by atoms with van der Waals surface area (Å²) in [4.78, 5) is 41.7. The van der Waals surface area contributed by atoms with Crippen molar-refractivity contribution in [2.24, 2.45) is 25.7 Å². The Hall–Kier alpha value is -2.48. The summed E-state index contributed by atoms with van der Waals surface area (Å²) in [6.07, 6.45) is 5.69. The fourth-order valence-corrected chi connectivity index (χ4v) is 4.00. The first-order chi connectivity index (χ1) is 12.8. The van der Waals surface area contributed by atoms with Crippen molar-refractivity contribution in [2.75, 3.05) is 6.54 Å². The Labute approximate surface area is 157 Å². The molecule has 8 heteroatoms. The van der Waals surface area contributed by atoms with Gasteiger partial charge in [-0.2, -0.15) is 0 Å². The van der Waals surface area contributed by atoms with E-state index < -0.39 is 11.2 Å². The van der Waals surface area contributed by atoms with Gasteiger partial charge in [0.1, 0.15) is 11.3 Å². The van der Waals surface area contributed by atoms with Crippen molar-refractivity contribution in [2.45, 2.75) is 45.1 Å². The second kappa shape index (κ2) is 7.64. The lowest BCUT2D eigenvalue weighted by Crippen LogP contribution is -2.46. The molecule has 1 amide bonds. The van der Waals surface area contributed by atoms with E-state index in [0.717, 1.165) is 30.3 Å². The number of rotatable bonds is 4.